The second-order valence-electron chi connectivity index (χ2n) is 6.52. The van der Waals surface area contributed by atoms with Gasteiger partial charge in [0.1, 0.15) is 16.9 Å². The third-order valence-electron chi connectivity index (χ3n) is 3.27. The number of halogens is 2. The summed E-state index contributed by atoms with van der Waals surface area (Å²) >= 11 is 3.30. The summed E-state index contributed by atoms with van der Waals surface area (Å²) in [6.07, 6.45) is -0.473. The number of imidazole rings is 1. The van der Waals surface area contributed by atoms with Crippen LogP contribution in [0.4, 0.5) is 9.18 Å². The van der Waals surface area contributed by atoms with E-state index in [0.29, 0.717) is 27.9 Å². The highest BCUT2D eigenvalue weighted by Gasteiger charge is 2.19. The van der Waals surface area contributed by atoms with E-state index < -0.39 is 11.7 Å². The van der Waals surface area contributed by atoms with Crippen molar-refractivity contribution in [2.24, 2.45) is 0 Å². The Balaban J connectivity index is 2.20. The maximum absolute atomic E-state index is 14.0. The van der Waals surface area contributed by atoms with Crippen LogP contribution in [0.1, 0.15) is 39.6 Å². The number of aryl methyl sites for hydroxylation is 1. The maximum atomic E-state index is 14.0. The first-order valence-electron chi connectivity index (χ1n) is 7.39. The number of fused-ring (bicyclic) bond motifs is 1. The number of hydrogen-bond donors (Lipinski definition) is 1. The van der Waals surface area contributed by atoms with Gasteiger partial charge in [-0.05, 0) is 46.8 Å². The van der Waals surface area contributed by atoms with Gasteiger partial charge in [-0.3, -0.25) is 0 Å². The third kappa shape index (κ3) is 4.22. The zero-order valence-corrected chi connectivity index (χ0v) is 15.5. The molecular formula is C16H21BrFN3O2. The molecule has 0 unspecified atom stereocenters. The van der Waals surface area contributed by atoms with E-state index in [1.165, 1.54) is 6.07 Å². The molecule has 0 radical (unpaired) electrons. The highest BCUT2D eigenvalue weighted by atomic mass is 79.9. The highest BCUT2D eigenvalue weighted by Crippen LogP contribution is 2.26. The van der Waals surface area contributed by atoms with Gasteiger partial charge in [-0.1, -0.05) is 15.9 Å². The molecule has 1 N–H and O–H groups in total. The van der Waals surface area contributed by atoms with Gasteiger partial charge in [0.2, 0.25) is 0 Å². The quantitative estimate of drug-likeness (QED) is 0.854. The van der Waals surface area contributed by atoms with Gasteiger partial charge in [-0.15, -0.1) is 0 Å². The molecule has 0 saturated carbocycles. The Labute approximate surface area is 143 Å². The molecule has 2 aromatic rings. The number of hydrogen-bond acceptors (Lipinski definition) is 3. The molecule has 0 aliphatic carbocycles. The minimum atomic E-state index is -0.543. The molecule has 0 aliphatic rings. The van der Waals surface area contributed by atoms with Gasteiger partial charge in [0.05, 0.1) is 11.6 Å². The van der Waals surface area contributed by atoms with Crippen LogP contribution in [0.3, 0.4) is 0 Å². The Hall–Kier alpha value is -1.63. The minimum Gasteiger partial charge on any atom is -0.444 e. The number of rotatable bonds is 3. The molecule has 0 fully saturated rings. The minimum absolute atomic E-state index is 0.0961. The van der Waals surface area contributed by atoms with Crippen LogP contribution in [0.25, 0.3) is 11.0 Å². The van der Waals surface area contributed by atoms with E-state index in [2.05, 4.69) is 26.2 Å². The van der Waals surface area contributed by atoms with Crippen LogP contribution in [0.15, 0.2) is 16.6 Å². The van der Waals surface area contributed by atoms with Crippen LogP contribution in [0.5, 0.6) is 0 Å². The molecular weight excluding hydrogens is 365 g/mol. The molecule has 126 valence electrons. The van der Waals surface area contributed by atoms with Crippen molar-refractivity contribution in [3.63, 3.8) is 0 Å². The van der Waals surface area contributed by atoms with E-state index in [-0.39, 0.29) is 11.9 Å². The average molecular weight is 386 g/mol. The number of aromatic nitrogens is 2. The normalized spacial score (nSPS) is 13.2. The van der Waals surface area contributed by atoms with E-state index in [0.717, 1.165) is 0 Å². The lowest BCUT2D eigenvalue weighted by Crippen LogP contribution is -2.35. The summed E-state index contributed by atoms with van der Waals surface area (Å²) in [5.41, 5.74) is 0.474. The number of alkyl carbamates (subject to hydrolysis) is 1. The van der Waals surface area contributed by atoms with Crippen molar-refractivity contribution < 1.29 is 13.9 Å². The van der Waals surface area contributed by atoms with Gasteiger partial charge in [-0.25, -0.2) is 14.2 Å². The molecule has 0 aliphatic heterocycles. The summed E-state index contributed by atoms with van der Waals surface area (Å²) in [6, 6.07) is 3.12. The number of amides is 1. The van der Waals surface area contributed by atoms with Crippen molar-refractivity contribution in [2.75, 3.05) is 6.54 Å². The molecule has 5 nitrogen and oxygen atoms in total. The highest BCUT2D eigenvalue weighted by molar-refractivity contribution is 9.10. The van der Waals surface area contributed by atoms with Crippen LogP contribution < -0.4 is 5.32 Å². The SMILES string of the molecule is Cc1nc2c(F)cc(Br)cc2n1[C@H](C)CNC(=O)OC(C)(C)C. The Morgan fingerprint density at radius 1 is 1.48 bits per heavy atom. The number of nitrogens with zero attached hydrogens (tertiary/aromatic N) is 2. The average Bonchev–Trinajstić information content (AvgIpc) is 2.71. The zero-order valence-electron chi connectivity index (χ0n) is 13.9. The van der Waals surface area contributed by atoms with Crippen molar-refractivity contribution in [3.05, 3.63) is 28.2 Å². The fourth-order valence-corrected chi connectivity index (χ4v) is 2.85. The second-order valence-corrected chi connectivity index (χ2v) is 7.43. The van der Waals surface area contributed by atoms with Crippen molar-refractivity contribution in [1.29, 1.82) is 0 Å². The molecule has 1 heterocycles. The van der Waals surface area contributed by atoms with Crippen LogP contribution in [-0.4, -0.2) is 27.8 Å². The summed E-state index contributed by atoms with van der Waals surface area (Å²) in [5.74, 6) is 0.319. The number of benzene rings is 1. The predicted octanol–water partition coefficient (Wildman–Crippen LogP) is 4.33. The third-order valence-corrected chi connectivity index (χ3v) is 3.73. The molecule has 0 bridgehead atoms. The summed E-state index contributed by atoms with van der Waals surface area (Å²) in [6.45, 7) is 9.54. The largest absolute Gasteiger partial charge is 0.444 e. The standard InChI is InChI=1S/C16H21BrFN3O2/c1-9(8-19-15(22)23-16(3,4)5)21-10(2)20-14-12(18)6-11(17)7-13(14)21/h6-7,9H,8H2,1-5H3,(H,19,22)/t9-/m1/s1. The van der Waals surface area contributed by atoms with E-state index in [4.69, 9.17) is 4.74 Å². The van der Waals surface area contributed by atoms with Crippen molar-refractivity contribution in [3.8, 4) is 0 Å². The van der Waals surface area contributed by atoms with Crippen molar-refractivity contribution >= 4 is 33.1 Å². The van der Waals surface area contributed by atoms with Gasteiger partial charge >= 0.3 is 6.09 Å². The summed E-state index contributed by atoms with van der Waals surface area (Å²) in [4.78, 5) is 16.0. The van der Waals surface area contributed by atoms with Crippen molar-refractivity contribution in [2.45, 2.75) is 46.3 Å². The van der Waals surface area contributed by atoms with E-state index in [9.17, 15) is 9.18 Å². The molecule has 23 heavy (non-hydrogen) atoms. The van der Waals surface area contributed by atoms with Gasteiger partial charge in [0.25, 0.3) is 0 Å². The summed E-state index contributed by atoms with van der Waals surface area (Å²) in [5, 5.41) is 2.73. The molecule has 2 rings (SSSR count). The maximum Gasteiger partial charge on any atom is 0.407 e. The lowest BCUT2D eigenvalue weighted by molar-refractivity contribution is 0.0521. The van der Waals surface area contributed by atoms with Gasteiger partial charge in [-0.2, -0.15) is 0 Å². The van der Waals surface area contributed by atoms with Gasteiger partial charge in [0.15, 0.2) is 5.82 Å². The summed E-state index contributed by atoms with van der Waals surface area (Å²) < 4.78 is 21.8. The van der Waals surface area contributed by atoms with E-state index in [1.54, 1.807) is 0 Å². The number of ether oxygens (including phenoxy) is 1. The lowest BCUT2D eigenvalue weighted by atomic mass is 10.2. The van der Waals surface area contributed by atoms with Gasteiger partial charge in [0, 0.05) is 11.0 Å². The molecule has 1 amide bonds. The predicted molar refractivity (Wildman–Crippen MR) is 91.1 cm³/mol. The van der Waals surface area contributed by atoms with Gasteiger partial charge < -0.3 is 14.6 Å². The lowest BCUT2D eigenvalue weighted by Gasteiger charge is -2.22. The molecule has 0 spiro atoms. The molecule has 1 atom stereocenters. The Bertz CT molecular complexity index is 737. The molecule has 7 heteroatoms. The first kappa shape index (κ1) is 17.7. The number of nitrogens with one attached hydrogen (secondary N) is 1. The molecule has 1 aromatic carbocycles. The van der Waals surface area contributed by atoms with Crippen LogP contribution >= 0.6 is 15.9 Å². The van der Waals surface area contributed by atoms with E-state index in [1.807, 2.05) is 45.3 Å². The molecule has 1 aromatic heterocycles. The smallest absolute Gasteiger partial charge is 0.407 e. The fourth-order valence-electron chi connectivity index (χ4n) is 2.43. The Morgan fingerprint density at radius 3 is 2.74 bits per heavy atom. The van der Waals surface area contributed by atoms with Crippen LogP contribution in [-0.2, 0) is 4.74 Å². The van der Waals surface area contributed by atoms with Crippen LogP contribution in [0, 0.1) is 12.7 Å². The molecule has 0 saturated heterocycles. The Kier molecular flexibility index (Phi) is 4.98. The topological polar surface area (TPSA) is 56.2 Å². The van der Waals surface area contributed by atoms with Crippen LogP contribution in [0.2, 0.25) is 0 Å². The number of carbonyl (C=O) groups excluding carboxylic acids is 1. The fraction of sp³-hybridized carbons (Fsp3) is 0.500. The van der Waals surface area contributed by atoms with Crippen molar-refractivity contribution in [1.82, 2.24) is 14.9 Å². The first-order valence-corrected chi connectivity index (χ1v) is 8.18. The second kappa shape index (κ2) is 6.47. The zero-order chi connectivity index (χ0) is 17.4. The Morgan fingerprint density at radius 2 is 2.13 bits per heavy atom. The first-order chi connectivity index (χ1) is 10.6. The monoisotopic (exact) mass is 385 g/mol. The summed E-state index contributed by atoms with van der Waals surface area (Å²) in [7, 11) is 0. The number of carbonyl (C=O) groups is 1. The van der Waals surface area contributed by atoms with E-state index >= 15 is 0 Å².